The highest BCUT2D eigenvalue weighted by atomic mass is 32.2. The van der Waals surface area contributed by atoms with Gasteiger partial charge in [0.1, 0.15) is 0 Å². The molecule has 0 aliphatic rings. The number of sulfonamides is 1. The molecule has 1 aromatic heterocycles. The second-order valence-electron chi connectivity index (χ2n) is 6.45. The van der Waals surface area contributed by atoms with E-state index in [0.29, 0.717) is 16.5 Å². The van der Waals surface area contributed by atoms with Gasteiger partial charge in [-0.25, -0.2) is 12.7 Å². The summed E-state index contributed by atoms with van der Waals surface area (Å²) in [5.74, 6) is 5.77. The van der Waals surface area contributed by atoms with Gasteiger partial charge >= 0.3 is 6.18 Å². The predicted molar refractivity (Wildman–Crippen MR) is 101 cm³/mol. The summed E-state index contributed by atoms with van der Waals surface area (Å²) < 4.78 is 65.6. The fraction of sp³-hybridized carbons (Fsp3) is 0.200. The topological polar surface area (TPSA) is 42.3 Å². The zero-order valence-electron chi connectivity index (χ0n) is 15.4. The molecule has 0 aliphatic heterocycles. The van der Waals surface area contributed by atoms with Gasteiger partial charge in [-0.05, 0) is 42.5 Å². The minimum Gasteiger partial charge on any atom is -0.349 e. The maximum Gasteiger partial charge on any atom is 0.416 e. The molecular formula is C20H17F3N2O2S. The highest BCUT2D eigenvalue weighted by Crippen LogP contribution is 2.29. The Balaban J connectivity index is 2.04. The van der Waals surface area contributed by atoms with E-state index in [1.807, 2.05) is 11.6 Å². The van der Waals surface area contributed by atoms with E-state index in [0.717, 1.165) is 22.0 Å². The molecule has 0 saturated carbocycles. The Labute approximate surface area is 161 Å². The van der Waals surface area contributed by atoms with E-state index in [-0.39, 0.29) is 4.90 Å². The van der Waals surface area contributed by atoms with Crippen LogP contribution in [0.5, 0.6) is 0 Å². The molecule has 0 atom stereocenters. The van der Waals surface area contributed by atoms with Gasteiger partial charge < -0.3 is 4.57 Å². The lowest BCUT2D eigenvalue weighted by Gasteiger charge is -2.11. The first kappa shape index (κ1) is 20.0. The van der Waals surface area contributed by atoms with E-state index in [1.165, 1.54) is 32.3 Å². The van der Waals surface area contributed by atoms with Crippen LogP contribution in [0.3, 0.4) is 0 Å². The Morgan fingerprint density at radius 2 is 1.64 bits per heavy atom. The van der Waals surface area contributed by atoms with Gasteiger partial charge in [0, 0.05) is 43.8 Å². The van der Waals surface area contributed by atoms with Crippen molar-refractivity contribution in [3.63, 3.8) is 0 Å². The highest BCUT2D eigenvalue weighted by Gasteiger charge is 2.29. The number of alkyl halides is 3. The van der Waals surface area contributed by atoms with Crippen LogP contribution in [0.4, 0.5) is 13.2 Å². The van der Waals surface area contributed by atoms with Crippen molar-refractivity contribution in [3.05, 3.63) is 65.4 Å². The third-order valence-electron chi connectivity index (χ3n) is 4.29. The Kier molecular flexibility index (Phi) is 5.00. The summed E-state index contributed by atoms with van der Waals surface area (Å²) in [6, 6.07) is 9.37. The largest absolute Gasteiger partial charge is 0.416 e. The molecule has 2 aromatic carbocycles. The van der Waals surface area contributed by atoms with Crippen molar-refractivity contribution >= 4 is 20.9 Å². The normalized spacial score (nSPS) is 12.2. The van der Waals surface area contributed by atoms with Crippen LogP contribution in [0.15, 0.2) is 53.6 Å². The van der Waals surface area contributed by atoms with E-state index >= 15 is 0 Å². The number of fused-ring (bicyclic) bond motifs is 1. The summed E-state index contributed by atoms with van der Waals surface area (Å²) in [5.41, 5.74) is 1.09. The molecule has 3 rings (SSSR count). The van der Waals surface area contributed by atoms with Crippen LogP contribution in [0.1, 0.15) is 16.7 Å². The molecule has 4 nitrogen and oxygen atoms in total. The first-order chi connectivity index (χ1) is 13.0. The molecule has 0 saturated heterocycles. The van der Waals surface area contributed by atoms with Crippen molar-refractivity contribution in [2.75, 3.05) is 14.1 Å². The zero-order valence-corrected chi connectivity index (χ0v) is 16.2. The number of aryl methyl sites for hydroxylation is 1. The van der Waals surface area contributed by atoms with Crippen molar-refractivity contribution in [2.24, 2.45) is 7.05 Å². The van der Waals surface area contributed by atoms with Crippen LogP contribution >= 0.6 is 0 Å². The number of nitrogens with zero attached hydrogens (tertiary/aromatic N) is 2. The number of benzene rings is 2. The zero-order chi connectivity index (χ0) is 20.7. The van der Waals surface area contributed by atoms with Crippen molar-refractivity contribution in [1.82, 2.24) is 8.87 Å². The molecule has 0 bridgehead atoms. The number of hydrogen-bond acceptors (Lipinski definition) is 2. The van der Waals surface area contributed by atoms with E-state index in [4.69, 9.17) is 0 Å². The van der Waals surface area contributed by atoms with Crippen LogP contribution in [0.2, 0.25) is 0 Å². The van der Waals surface area contributed by atoms with Crippen molar-refractivity contribution in [3.8, 4) is 11.8 Å². The molecule has 0 aliphatic carbocycles. The predicted octanol–water partition coefficient (Wildman–Crippen LogP) is 3.85. The lowest BCUT2D eigenvalue weighted by molar-refractivity contribution is -0.137. The van der Waals surface area contributed by atoms with E-state index in [9.17, 15) is 21.6 Å². The third-order valence-corrected chi connectivity index (χ3v) is 6.10. The number of rotatable bonds is 2. The van der Waals surface area contributed by atoms with Crippen LogP contribution in [-0.2, 0) is 23.2 Å². The van der Waals surface area contributed by atoms with Gasteiger partial charge in [0.05, 0.1) is 16.0 Å². The van der Waals surface area contributed by atoms with E-state index in [1.54, 1.807) is 18.3 Å². The SMILES string of the molecule is CN(C)S(=O)(=O)c1ccc2c(c1)c(C#Cc1ccc(C(F)(F)F)cc1)cn2C. The van der Waals surface area contributed by atoms with Crippen LogP contribution in [0, 0.1) is 11.8 Å². The van der Waals surface area contributed by atoms with Gasteiger partial charge in [-0.1, -0.05) is 11.8 Å². The Morgan fingerprint density at radius 1 is 1.00 bits per heavy atom. The summed E-state index contributed by atoms with van der Waals surface area (Å²) >= 11 is 0. The molecule has 0 unspecified atom stereocenters. The van der Waals surface area contributed by atoms with Gasteiger partial charge in [-0.15, -0.1) is 0 Å². The monoisotopic (exact) mass is 406 g/mol. The first-order valence-corrected chi connectivity index (χ1v) is 9.65. The smallest absolute Gasteiger partial charge is 0.349 e. The maximum absolute atomic E-state index is 12.6. The summed E-state index contributed by atoms with van der Waals surface area (Å²) in [6.07, 6.45) is -2.64. The van der Waals surface area contributed by atoms with Gasteiger partial charge in [0.25, 0.3) is 0 Å². The summed E-state index contributed by atoms with van der Waals surface area (Å²) in [7, 11) is 1.13. The standard InChI is InChI=1S/C20H17F3N2O2S/c1-24(2)28(26,27)17-10-11-19-18(12-17)15(13-25(19)3)7-4-14-5-8-16(9-6-14)20(21,22)23/h5-6,8-13H,1-3H3. The maximum atomic E-state index is 12.6. The average Bonchev–Trinajstić information content (AvgIpc) is 2.95. The van der Waals surface area contributed by atoms with Crippen LogP contribution in [-0.4, -0.2) is 31.4 Å². The second kappa shape index (κ2) is 7.00. The van der Waals surface area contributed by atoms with Crippen LogP contribution in [0.25, 0.3) is 10.9 Å². The Bertz CT molecular complexity index is 1200. The van der Waals surface area contributed by atoms with Crippen molar-refractivity contribution in [2.45, 2.75) is 11.1 Å². The first-order valence-electron chi connectivity index (χ1n) is 8.21. The van der Waals surface area contributed by atoms with Gasteiger partial charge in [0.2, 0.25) is 10.0 Å². The third kappa shape index (κ3) is 3.77. The Hall–Kier alpha value is -2.76. The van der Waals surface area contributed by atoms with E-state index < -0.39 is 21.8 Å². The minimum absolute atomic E-state index is 0.147. The minimum atomic E-state index is -4.39. The fourth-order valence-electron chi connectivity index (χ4n) is 2.72. The van der Waals surface area contributed by atoms with E-state index in [2.05, 4.69) is 11.8 Å². The average molecular weight is 406 g/mol. The molecule has 0 amide bonds. The summed E-state index contributed by atoms with van der Waals surface area (Å²) in [6.45, 7) is 0. The fourth-order valence-corrected chi connectivity index (χ4v) is 3.65. The molecule has 0 spiro atoms. The molecule has 3 aromatic rings. The van der Waals surface area contributed by atoms with Gasteiger partial charge in [-0.3, -0.25) is 0 Å². The molecule has 8 heteroatoms. The molecule has 0 fully saturated rings. The lowest BCUT2D eigenvalue weighted by Crippen LogP contribution is -2.22. The number of hydrogen-bond donors (Lipinski definition) is 0. The van der Waals surface area contributed by atoms with Gasteiger partial charge in [-0.2, -0.15) is 13.2 Å². The molecule has 1 heterocycles. The number of halogens is 3. The molecule has 146 valence electrons. The van der Waals surface area contributed by atoms with Gasteiger partial charge in [0.15, 0.2) is 0 Å². The van der Waals surface area contributed by atoms with Crippen LogP contribution < -0.4 is 0 Å². The van der Waals surface area contributed by atoms with Crippen molar-refractivity contribution < 1.29 is 21.6 Å². The molecule has 28 heavy (non-hydrogen) atoms. The Morgan fingerprint density at radius 3 is 2.21 bits per heavy atom. The lowest BCUT2D eigenvalue weighted by atomic mass is 10.1. The highest BCUT2D eigenvalue weighted by molar-refractivity contribution is 7.89. The summed E-state index contributed by atoms with van der Waals surface area (Å²) in [5, 5.41) is 0.657. The van der Waals surface area contributed by atoms with Crippen molar-refractivity contribution in [1.29, 1.82) is 0 Å². The second-order valence-corrected chi connectivity index (χ2v) is 8.60. The number of aromatic nitrogens is 1. The molecule has 0 N–H and O–H groups in total. The molecular weight excluding hydrogens is 389 g/mol. The molecule has 0 radical (unpaired) electrons. The quantitative estimate of drug-likeness (QED) is 0.607. The summed E-state index contributed by atoms with van der Waals surface area (Å²) in [4.78, 5) is 0.147.